The normalized spacial score (nSPS) is 11.8. The number of carbonyl (C=O) groups is 1. The van der Waals surface area contributed by atoms with Gasteiger partial charge in [0.1, 0.15) is 11.5 Å². The van der Waals surface area contributed by atoms with Crippen molar-refractivity contribution < 1.29 is 23.4 Å². The predicted molar refractivity (Wildman–Crippen MR) is 110 cm³/mol. The summed E-state index contributed by atoms with van der Waals surface area (Å²) < 4.78 is 21.2. The van der Waals surface area contributed by atoms with Gasteiger partial charge >= 0.3 is 0 Å². The molecule has 150 valence electrons. The van der Waals surface area contributed by atoms with Crippen LogP contribution in [0.1, 0.15) is 22.9 Å². The van der Waals surface area contributed by atoms with Gasteiger partial charge < -0.3 is 23.9 Å². The van der Waals surface area contributed by atoms with Crippen LogP contribution in [-0.2, 0) is 4.79 Å². The number of benzene rings is 2. The van der Waals surface area contributed by atoms with Gasteiger partial charge in [-0.25, -0.2) is 0 Å². The number of nitrogens with one attached hydrogen (secondary N) is 1. The molecule has 29 heavy (non-hydrogen) atoms. The largest absolute Gasteiger partial charge is 0.497 e. The Morgan fingerprint density at radius 3 is 2.28 bits per heavy atom. The maximum absolute atomic E-state index is 12.6. The molecule has 0 aliphatic heterocycles. The second-order valence-corrected chi connectivity index (χ2v) is 6.18. The van der Waals surface area contributed by atoms with Gasteiger partial charge in [-0.3, -0.25) is 4.79 Å². The third-order valence-electron chi connectivity index (χ3n) is 4.42. The highest BCUT2D eigenvalue weighted by atomic mass is 16.5. The average Bonchev–Trinajstić information content (AvgIpc) is 3.29. The van der Waals surface area contributed by atoms with Crippen LogP contribution in [0.2, 0.25) is 0 Å². The first-order valence-electron chi connectivity index (χ1n) is 9.02. The van der Waals surface area contributed by atoms with E-state index in [1.807, 2.05) is 42.5 Å². The Hall–Kier alpha value is -3.67. The van der Waals surface area contributed by atoms with Crippen molar-refractivity contribution in [2.24, 2.45) is 0 Å². The molecule has 1 amide bonds. The topological polar surface area (TPSA) is 69.9 Å². The van der Waals surface area contributed by atoms with Crippen LogP contribution in [0.15, 0.2) is 71.4 Å². The Bertz CT molecular complexity index is 961. The van der Waals surface area contributed by atoms with Gasteiger partial charge in [0.15, 0.2) is 11.5 Å². The molecule has 6 nitrogen and oxygen atoms in total. The lowest BCUT2D eigenvalue weighted by Gasteiger charge is -2.21. The Morgan fingerprint density at radius 1 is 0.931 bits per heavy atom. The minimum Gasteiger partial charge on any atom is -0.497 e. The summed E-state index contributed by atoms with van der Waals surface area (Å²) in [6, 6.07) is 16.2. The van der Waals surface area contributed by atoms with Gasteiger partial charge in [0, 0.05) is 6.08 Å². The molecule has 0 saturated heterocycles. The number of carbonyl (C=O) groups excluding carboxylic acids is 1. The lowest BCUT2D eigenvalue weighted by atomic mass is 9.98. The van der Waals surface area contributed by atoms with Crippen molar-refractivity contribution >= 4 is 12.0 Å². The zero-order chi connectivity index (χ0) is 20.6. The van der Waals surface area contributed by atoms with E-state index in [-0.39, 0.29) is 5.91 Å². The Morgan fingerprint density at radius 2 is 1.66 bits per heavy atom. The van der Waals surface area contributed by atoms with Crippen molar-refractivity contribution in [1.29, 1.82) is 0 Å². The molecular weight excluding hydrogens is 370 g/mol. The molecule has 3 aromatic rings. The summed E-state index contributed by atoms with van der Waals surface area (Å²) >= 11 is 0. The van der Waals surface area contributed by atoms with Crippen LogP contribution in [0.25, 0.3) is 6.08 Å². The van der Waals surface area contributed by atoms with Gasteiger partial charge in [-0.2, -0.15) is 0 Å². The lowest BCUT2D eigenvalue weighted by Crippen LogP contribution is -2.27. The van der Waals surface area contributed by atoms with Crippen LogP contribution in [0.3, 0.4) is 0 Å². The minimum absolute atomic E-state index is 0.253. The molecule has 0 spiro atoms. The van der Waals surface area contributed by atoms with Crippen molar-refractivity contribution in [3.05, 3.63) is 83.8 Å². The first kappa shape index (κ1) is 20.1. The predicted octanol–water partition coefficient (Wildman–Crippen LogP) is 4.22. The molecule has 0 radical (unpaired) electrons. The van der Waals surface area contributed by atoms with Gasteiger partial charge in [-0.1, -0.05) is 18.2 Å². The molecule has 2 aromatic carbocycles. The minimum atomic E-state index is -0.394. The van der Waals surface area contributed by atoms with Crippen molar-refractivity contribution in [3.8, 4) is 17.2 Å². The lowest BCUT2D eigenvalue weighted by molar-refractivity contribution is -0.116. The molecule has 1 heterocycles. The van der Waals surface area contributed by atoms with Crippen LogP contribution < -0.4 is 19.5 Å². The molecule has 6 heteroatoms. The smallest absolute Gasteiger partial charge is 0.244 e. The number of hydrogen-bond acceptors (Lipinski definition) is 5. The monoisotopic (exact) mass is 393 g/mol. The van der Waals surface area contributed by atoms with E-state index in [0.29, 0.717) is 17.3 Å². The van der Waals surface area contributed by atoms with Gasteiger partial charge in [0.25, 0.3) is 0 Å². The molecule has 0 aliphatic rings. The van der Waals surface area contributed by atoms with E-state index in [0.717, 1.165) is 16.9 Å². The second kappa shape index (κ2) is 9.50. The number of hydrogen-bond donors (Lipinski definition) is 1. The molecule has 0 bridgehead atoms. The van der Waals surface area contributed by atoms with Crippen molar-refractivity contribution in [1.82, 2.24) is 5.32 Å². The molecule has 0 fully saturated rings. The summed E-state index contributed by atoms with van der Waals surface area (Å²) in [4.78, 5) is 12.6. The second-order valence-electron chi connectivity index (χ2n) is 6.18. The Balaban J connectivity index is 1.91. The SMILES string of the molecule is COc1ccc([C@@H](NC(=O)/C=C\c2ccco2)c2ccc(OC)c(OC)c2)cc1. The summed E-state index contributed by atoms with van der Waals surface area (Å²) in [5.41, 5.74) is 1.75. The third kappa shape index (κ3) is 4.99. The summed E-state index contributed by atoms with van der Waals surface area (Å²) in [7, 11) is 4.77. The number of furan rings is 1. The average molecular weight is 393 g/mol. The third-order valence-corrected chi connectivity index (χ3v) is 4.42. The molecule has 1 N–H and O–H groups in total. The molecule has 0 saturated carbocycles. The number of amides is 1. The van der Waals surface area contributed by atoms with Crippen LogP contribution in [0, 0.1) is 0 Å². The highest BCUT2D eigenvalue weighted by molar-refractivity contribution is 5.91. The number of rotatable bonds is 8. The quantitative estimate of drug-likeness (QED) is 0.580. The fourth-order valence-electron chi connectivity index (χ4n) is 2.92. The van der Waals surface area contributed by atoms with Crippen LogP contribution in [-0.4, -0.2) is 27.2 Å². The van der Waals surface area contributed by atoms with E-state index >= 15 is 0 Å². The van der Waals surface area contributed by atoms with Crippen molar-refractivity contribution in [3.63, 3.8) is 0 Å². The van der Waals surface area contributed by atoms with E-state index in [2.05, 4.69) is 5.32 Å². The first-order chi connectivity index (χ1) is 14.1. The van der Waals surface area contributed by atoms with Crippen molar-refractivity contribution in [2.45, 2.75) is 6.04 Å². The molecule has 1 atom stereocenters. The molecule has 0 aliphatic carbocycles. The molecular formula is C23H23NO5. The van der Waals surface area contributed by atoms with Crippen LogP contribution >= 0.6 is 0 Å². The van der Waals surface area contributed by atoms with Crippen molar-refractivity contribution in [2.75, 3.05) is 21.3 Å². The van der Waals surface area contributed by atoms with E-state index in [4.69, 9.17) is 18.6 Å². The fourth-order valence-corrected chi connectivity index (χ4v) is 2.92. The summed E-state index contributed by atoms with van der Waals surface area (Å²) in [6.07, 6.45) is 4.62. The van der Waals surface area contributed by atoms with E-state index in [9.17, 15) is 4.79 Å². The molecule has 3 rings (SSSR count). The zero-order valence-electron chi connectivity index (χ0n) is 16.5. The fraction of sp³-hybridized carbons (Fsp3) is 0.174. The first-order valence-corrected chi connectivity index (χ1v) is 9.02. The highest BCUT2D eigenvalue weighted by Crippen LogP contribution is 2.32. The van der Waals surface area contributed by atoms with Gasteiger partial charge in [-0.05, 0) is 53.6 Å². The van der Waals surface area contributed by atoms with E-state index in [1.54, 1.807) is 45.8 Å². The van der Waals surface area contributed by atoms with E-state index < -0.39 is 6.04 Å². The number of ether oxygens (including phenoxy) is 3. The maximum atomic E-state index is 12.6. The molecule has 0 unspecified atom stereocenters. The highest BCUT2D eigenvalue weighted by Gasteiger charge is 2.18. The maximum Gasteiger partial charge on any atom is 0.244 e. The summed E-state index contributed by atoms with van der Waals surface area (Å²) in [5.74, 6) is 2.30. The van der Waals surface area contributed by atoms with Crippen LogP contribution in [0.4, 0.5) is 0 Å². The van der Waals surface area contributed by atoms with E-state index in [1.165, 1.54) is 6.08 Å². The number of methoxy groups -OCH3 is 3. The molecule has 1 aromatic heterocycles. The van der Waals surface area contributed by atoms with Gasteiger partial charge in [0.2, 0.25) is 5.91 Å². The van der Waals surface area contributed by atoms with Gasteiger partial charge in [0.05, 0.1) is 33.6 Å². The Labute approximate surface area is 169 Å². The Kier molecular flexibility index (Phi) is 6.58. The standard InChI is InChI=1S/C23H23NO5/c1-26-18-9-6-16(7-10-18)23(17-8-12-20(27-2)21(15-17)28-3)24-22(25)13-11-19-5-4-14-29-19/h4-15,23H,1-3H3,(H,24,25)/b13-11-/t23-/m1/s1. The zero-order valence-corrected chi connectivity index (χ0v) is 16.5. The van der Waals surface area contributed by atoms with Gasteiger partial charge in [-0.15, -0.1) is 0 Å². The summed E-state index contributed by atoms with van der Waals surface area (Å²) in [6.45, 7) is 0. The summed E-state index contributed by atoms with van der Waals surface area (Å²) in [5, 5.41) is 3.03. The van der Waals surface area contributed by atoms with Crippen LogP contribution in [0.5, 0.6) is 17.2 Å².